The molecule has 0 radical (unpaired) electrons. The van der Waals surface area contributed by atoms with Gasteiger partial charge in [0.25, 0.3) is 5.91 Å². The molecular formula is C27H30N2O4S. The average molecular weight is 479 g/mol. The monoisotopic (exact) mass is 478 g/mol. The summed E-state index contributed by atoms with van der Waals surface area (Å²) < 4.78 is 33.6. The van der Waals surface area contributed by atoms with Crippen molar-refractivity contribution in [2.75, 3.05) is 25.0 Å². The summed E-state index contributed by atoms with van der Waals surface area (Å²) in [6, 6.07) is 22.1. The largest absolute Gasteiger partial charge is 0.492 e. The molecule has 1 saturated heterocycles. The van der Waals surface area contributed by atoms with Crippen LogP contribution in [0.15, 0.2) is 77.7 Å². The minimum atomic E-state index is -3.64. The predicted octanol–water partition coefficient (Wildman–Crippen LogP) is 5.10. The van der Waals surface area contributed by atoms with Crippen LogP contribution < -0.4 is 10.1 Å². The summed E-state index contributed by atoms with van der Waals surface area (Å²) in [5.41, 5.74) is 2.88. The van der Waals surface area contributed by atoms with E-state index >= 15 is 0 Å². The zero-order valence-electron chi connectivity index (χ0n) is 19.4. The molecule has 178 valence electrons. The molecule has 0 aliphatic carbocycles. The molecule has 3 aromatic carbocycles. The summed E-state index contributed by atoms with van der Waals surface area (Å²) >= 11 is 0. The molecule has 1 N–H and O–H groups in total. The lowest BCUT2D eigenvalue weighted by molar-refractivity contribution is 0.102. The van der Waals surface area contributed by atoms with Gasteiger partial charge >= 0.3 is 0 Å². The molecular weight excluding hydrogens is 448 g/mol. The number of carbonyl (C=O) groups excluding carboxylic acids is 1. The molecule has 0 aromatic heterocycles. The number of anilines is 1. The quantitative estimate of drug-likeness (QED) is 0.489. The first-order valence-electron chi connectivity index (χ1n) is 11.7. The van der Waals surface area contributed by atoms with Crippen molar-refractivity contribution in [2.45, 2.75) is 37.5 Å². The summed E-state index contributed by atoms with van der Waals surface area (Å²) in [4.78, 5) is 13.5. The van der Waals surface area contributed by atoms with E-state index in [1.54, 1.807) is 18.2 Å². The van der Waals surface area contributed by atoms with Crippen LogP contribution in [0.3, 0.4) is 0 Å². The Kier molecular flexibility index (Phi) is 7.65. The first-order chi connectivity index (χ1) is 16.5. The number of ether oxygens (including phenoxy) is 1. The Labute approximate surface area is 201 Å². The highest BCUT2D eigenvalue weighted by Crippen LogP contribution is 2.31. The van der Waals surface area contributed by atoms with Crippen molar-refractivity contribution in [2.24, 2.45) is 0 Å². The summed E-state index contributed by atoms with van der Waals surface area (Å²) in [6.07, 6.45) is 3.38. The average Bonchev–Trinajstić information content (AvgIpc) is 2.86. The van der Waals surface area contributed by atoms with Gasteiger partial charge in [-0.3, -0.25) is 4.79 Å². The smallest absolute Gasteiger partial charge is 0.256 e. The zero-order chi connectivity index (χ0) is 24.0. The molecule has 0 bridgehead atoms. The van der Waals surface area contributed by atoms with Crippen LogP contribution in [0.5, 0.6) is 5.75 Å². The van der Waals surface area contributed by atoms with Crippen LogP contribution in [0, 0.1) is 0 Å². The van der Waals surface area contributed by atoms with Crippen LogP contribution in [0.1, 0.15) is 47.7 Å². The SMILES string of the molecule is CCOc1ccc(S(=O)(=O)N2CCCCC2)cc1NC(=O)c1ccccc1Cc1ccccc1. The van der Waals surface area contributed by atoms with Gasteiger partial charge in [0.05, 0.1) is 17.2 Å². The molecule has 6 nitrogen and oxygen atoms in total. The van der Waals surface area contributed by atoms with Crippen LogP contribution in [-0.4, -0.2) is 38.3 Å². The van der Waals surface area contributed by atoms with Gasteiger partial charge < -0.3 is 10.1 Å². The first kappa shape index (κ1) is 24.0. The molecule has 3 aromatic rings. The van der Waals surface area contributed by atoms with Gasteiger partial charge in [0.1, 0.15) is 5.75 Å². The fourth-order valence-corrected chi connectivity index (χ4v) is 5.75. The van der Waals surface area contributed by atoms with E-state index in [9.17, 15) is 13.2 Å². The van der Waals surface area contributed by atoms with Crippen molar-refractivity contribution in [3.63, 3.8) is 0 Å². The van der Waals surface area contributed by atoms with E-state index in [2.05, 4.69) is 5.32 Å². The Balaban J connectivity index is 1.63. The van der Waals surface area contributed by atoms with Crippen LogP contribution in [-0.2, 0) is 16.4 Å². The lowest BCUT2D eigenvalue weighted by Gasteiger charge is -2.26. The number of hydrogen-bond donors (Lipinski definition) is 1. The van der Waals surface area contributed by atoms with Gasteiger partial charge in [0.2, 0.25) is 10.0 Å². The maximum atomic E-state index is 13.3. The second-order valence-corrected chi connectivity index (χ2v) is 10.3. The second kappa shape index (κ2) is 10.8. The summed E-state index contributed by atoms with van der Waals surface area (Å²) in [6.45, 7) is 3.28. The molecule has 1 aliphatic heterocycles. The van der Waals surface area contributed by atoms with E-state index in [4.69, 9.17) is 4.74 Å². The molecule has 0 saturated carbocycles. The molecule has 1 heterocycles. The molecule has 4 rings (SSSR count). The Hall–Kier alpha value is -3.16. The van der Waals surface area contributed by atoms with Crippen LogP contribution >= 0.6 is 0 Å². The lowest BCUT2D eigenvalue weighted by Crippen LogP contribution is -2.35. The van der Waals surface area contributed by atoms with Gasteiger partial charge in [-0.05, 0) is 61.6 Å². The third-order valence-corrected chi connectivity index (χ3v) is 7.85. The number of nitrogens with one attached hydrogen (secondary N) is 1. The van der Waals surface area contributed by atoms with E-state index in [0.717, 1.165) is 30.4 Å². The van der Waals surface area contributed by atoms with Crippen LogP contribution in [0.4, 0.5) is 5.69 Å². The fourth-order valence-electron chi connectivity index (χ4n) is 4.20. The maximum Gasteiger partial charge on any atom is 0.256 e. The third kappa shape index (κ3) is 5.48. The van der Waals surface area contributed by atoms with Crippen molar-refractivity contribution < 1.29 is 17.9 Å². The number of sulfonamides is 1. The highest BCUT2D eigenvalue weighted by atomic mass is 32.2. The predicted molar refractivity (Wildman–Crippen MR) is 134 cm³/mol. The van der Waals surface area contributed by atoms with Crippen molar-refractivity contribution >= 4 is 21.6 Å². The number of carbonyl (C=O) groups is 1. The van der Waals surface area contributed by atoms with Gasteiger partial charge in [0, 0.05) is 18.7 Å². The van der Waals surface area contributed by atoms with Gasteiger partial charge in [-0.1, -0.05) is 55.0 Å². The van der Waals surface area contributed by atoms with Crippen molar-refractivity contribution in [3.8, 4) is 5.75 Å². The maximum absolute atomic E-state index is 13.3. The van der Waals surface area contributed by atoms with Crippen molar-refractivity contribution in [3.05, 3.63) is 89.5 Å². The molecule has 0 unspecified atom stereocenters. The topological polar surface area (TPSA) is 75.7 Å². The van der Waals surface area contributed by atoms with Gasteiger partial charge in [-0.25, -0.2) is 8.42 Å². The molecule has 1 amide bonds. The minimum absolute atomic E-state index is 0.158. The fraction of sp³-hybridized carbons (Fsp3) is 0.296. The standard InChI is InChI=1S/C27H30N2O4S/c1-2-33-26-16-15-23(34(31,32)29-17-9-4-10-18-29)20-25(26)28-27(30)24-14-8-7-13-22(24)19-21-11-5-3-6-12-21/h3,5-8,11-16,20H,2,4,9-10,17-19H2,1H3,(H,28,30). The first-order valence-corrected chi connectivity index (χ1v) is 13.1. The van der Waals surface area contributed by atoms with Crippen LogP contribution in [0.25, 0.3) is 0 Å². The number of nitrogens with zero attached hydrogens (tertiary/aromatic N) is 1. The Morgan fingerprint density at radius 2 is 1.65 bits per heavy atom. The minimum Gasteiger partial charge on any atom is -0.492 e. The second-order valence-electron chi connectivity index (χ2n) is 8.33. The lowest BCUT2D eigenvalue weighted by atomic mass is 9.99. The Morgan fingerprint density at radius 1 is 0.941 bits per heavy atom. The number of piperidine rings is 1. The van der Waals surface area contributed by atoms with Crippen LogP contribution in [0.2, 0.25) is 0 Å². The highest BCUT2D eigenvalue weighted by molar-refractivity contribution is 7.89. The summed E-state index contributed by atoms with van der Waals surface area (Å²) in [7, 11) is -3.64. The molecule has 0 spiro atoms. The Bertz CT molecular complexity index is 1240. The van der Waals surface area contributed by atoms with Crippen molar-refractivity contribution in [1.82, 2.24) is 4.31 Å². The number of rotatable bonds is 8. The van der Waals surface area contributed by atoms with Gasteiger partial charge in [0.15, 0.2) is 0 Å². The molecule has 34 heavy (non-hydrogen) atoms. The normalized spacial score (nSPS) is 14.5. The molecule has 0 atom stereocenters. The number of hydrogen-bond acceptors (Lipinski definition) is 4. The highest BCUT2D eigenvalue weighted by Gasteiger charge is 2.27. The summed E-state index contributed by atoms with van der Waals surface area (Å²) in [5.74, 6) is 0.133. The number of benzene rings is 3. The van der Waals surface area contributed by atoms with E-state index in [1.165, 1.54) is 10.4 Å². The van der Waals surface area contributed by atoms with E-state index in [-0.39, 0.29) is 10.8 Å². The van der Waals surface area contributed by atoms with E-state index in [0.29, 0.717) is 43.1 Å². The van der Waals surface area contributed by atoms with Gasteiger partial charge in [-0.2, -0.15) is 4.31 Å². The van der Waals surface area contributed by atoms with Gasteiger partial charge in [-0.15, -0.1) is 0 Å². The van der Waals surface area contributed by atoms with E-state index < -0.39 is 10.0 Å². The summed E-state index contributed by atoms with van der Waals surface area (Å²) in [5, 5.41) is 2.91. The number of amides is 1. The van der Waals surface area contributed by atoms with E-state index in [1.807, 2.05) is 55.5 Å². The zero-order valence-corrected chi connectivity index (χ0v) is 20.2. The molecule has 1 aliphatic rings. The van der Waals surface area contributed by atoms with Crippen molar-refractivity contribution in [1.29, 1.82) is 0 Å². The molecule has 1 fully saturated rings. The molecule has 7 heteroatoms. The third-order valence-electron chi connectivity index (χ3n) is 5.95. The Morgan fingerprint density at radius 3 is 2.38 bits per heavy atom.